The third kappa shape index (κ3) is 3.19. The number of hydrogen-bond donors (Lipinski definition) is 0. The lowest BCUT2D eigenvalue weighted by Crippen LogP contribution is -1.96. The van der Waals surface area contributed by atoms with Crippen LogP contribution in [0.3, 0.4) is 0 Å². The Labute approximate surface area is 84.7 Å². The molecule has 0 N–H and O–H groups in total. The van der Waals surface area contributed by atoms with Crippen LogP contribution in [0.1, 0.15) is 35.3 Å². The largest absolute Gasteiger partial charge is 0.276 e. The highest BCUT2D eigenvalue weighted by Crippen LogP contribution is 2.14. The number of carbonyl (C=O) groups is 1. The Morgan fingerprint density at radius 1 is 1.15 bits per heavy atom. The molecular formula is C11H15ClO. The lowest BCUT2D eigenvalue weighted by molar-refractivity contribution is 0.108. The van der Waals surface area contributed by atoms with E-state index in [1.165, 1.54) is 0 Å². The summed E-state index contributed by atoms with van der Waals surface area (Å²) < 4.78 is 0. The highest BCUT2D eigenvalue weighted by atomic mass is 35.5. The minimum atomic E-state index is -0.374. The predicted octanol–water partition coefficient (Wildman–Crippen LogP) is 3.71. The Balaban J connectivity index is 0.000000671. The van der Waals surface area contributed by atoms with Gasteiger partial charge in [-0.15, -0.1) is 0 Å². The van der Waals surface area contributed by atoms with Crippen LogP contribution in [0.5, 0.6) is 0 Å². The Morgan fingerprint density at radius 3 is 1.77 bits per heavy atom. The summed E-state index contributed by atoms with van der Waals surface area (Å²) in [7, 11) is 0. The third-order valence-electron chi connectivity index (χ3n) is 1.68. The molecule has 1 aromatic carbocycles. The molecule has 1 aromatic rings. The molecule has 0 atom stereocenters. The maximum Gasteiger partial charge on any atom is 0.252 e. The van der Waals surface area contributed by atoms with Gasteiger partial charge in [0.05, 0.1) is 0 Å². The first-order valence-corrected chi connectivity index (χ1v) is 4.77. The lowest BCUT2D eigenvalue weighted by atomic mass is 10.0. The van der Waals surface area contributed by atoms with Gasteiger partial charge in [-0.2, -0.15) is 0 Å². The summed E-state index contributed by atoms with van der Waals surface area (Å²) in [4.78, 5) is 10.9. The minimum Gasteiger partial charge on any atom is -0.276 e. The second kappa shape index (κ2) is 5.76. The standard InChI is InChI=1S/C9H9ClO.C2H6/c1-6-4-3-5-7(2)8(6)9(10)11;1-2/h3-5H,1-2H3;1-2H3. The summed E-state index contributed by atoms with van der Waals surface area (Å²) in [5.74, 6) is 0. The average molecular weight is 199 g/mol. The van der Waals surface area contributed by atoms with Crippen molar-refractivity contribution in [1.29, 1.82) is 0 Å². The van der Waals surface area contributed by atoms with E-state index < -0.39 is 0 Å². The first-order valence-electron chi connectivity index (χ1n) is 4.39. The molecule has 0 saturated carbocycles. The zero-order valence-electron chi connectivity index (χ0n) is 8.52. The first kappa shape index (κ1) is 12.2. The number of halogens is 1. The molecule has 0 radical (unpaired) electrons. The van der Waals surface area contributed by atoms with Gasteiger partial charge in [0.15, 0.2) is 0 Å². The van der Waals surface area contributed by atoms with Gasteiger partial charge >= 0.3 is 0 Å². The molecule has 13 heavy (non-hydrogen) atoms. The van der Waals surface area contributed by atoms with Gasteiger partial charge in [-0.25, -0.2) is 0 Å². The van der Waals surface area contributed by atoms with E-state index >= 15 is 0 Å². The van der Waals surface area contributed by atoms with Crippen molar-refractivity contribution in [3.05, 3.63) is 34.9 Å². The summed E-state index contributed by atoms with van der Waals surface area (Å²) in [6.45, 7) is 7.76. The first-order chi connectivity index (χ1) is 6.13. The van der Waals surface area contributed by atoms with Crippen molar-refractivity contribution in [3.8, 4) is 0 Å². The van der Waals surface area contributed by atoms with E-state index in [1.807, 2.05) is 45.9 Å². The molecule has 0 aliphatic carbocycles. The van der Waals surface area contributed by atoms with Crippen molar-refractivity contribution in [2.45, 2.75) is 27.7 Å². The molecule has 2 heteroatoms. The van der Waals surface area contributed by atoms with E-state index in [1.54, 1.807) is 0 Å². The molecule has 72 valence electrons. The van der Waals surface area contributed by atoms with Crippen molar-refractivity contribution in [3.63, 3.8) is 0 Å². The lowest BCUT2D eigenvalue weighted by Gasteiger charge is -2.02. The third-order valence-corrected chi connectivity index (χ3v) is 1.87. The van der Waals surface area contributed by atoms with Crippen molar-refractivity contribution in [1.82, 2.24) is 0 Å². The van der Waals surface area contributed by atoms with Crippen LogP contribution in [0.4, 0.5) is 0 Å². The molecule has 1 rings (SSSR count). The van der Waals surface area contributed by atoms with Crippen LogP contribution in [-0.2, 0) is 0 Å². The molecule has 0 aliphatic rings. The highest BCUT2D eigenvalue weighted by Gasteiger charge is 2.07. The summed E-state index contributed by atoms with van der Waals surface area (Å²) in [5.41, 5.74) is 2.50. The molecule has 0 bridgehead atoms. The minimum absolute atomic E-state index is 0.374. The van der Waals surface area contributed by atoms with Gasteiger partial charge in [0.25, 0.3) is 5.24 Å². The maximum atomic E-state index is 10.9. The number of rotatable bonds is 1. The fourth-order valence-electron chi connectivity index (χ4n) is 1.12. The van der Waals surface area contributed by atoms with Crippen LogP contribution in [0.25, 0.3) is 0 Å². The SMILES string of the molecule is CC.Cc1cccc(C)c1C(=O)Cl. The zero-order chi connectivity index (χ0) is 10.4. The second-order valence-corrected chi connectivity index (χ2v) is 2.88. The monoisotopic (exact) mass is 198 g/mol. The predicted molar refractivity (Wildman–Crippen MR) is 57.4 cm³/mol. The van der Waals surface area contributed by atoms with E-state index in [4.69, 9.17) is 11.6 Å². The van der Waals surface area contributed by atoms with Crippen molar-refractivity contribution < 1.29 is 4.79 Å². The van der Waals surface area contributed by atoms with E-state index in [0.717, 1.165) is 11.1 Å². The van der Waals surface area contributed by atoms with Crippen LogP contribution >= 0.6 is 11.6 Å². The van der Waals surface area contributed by atoms with Gasteiger partial charge in [0.1, 0.15) is 0 Å². The molecule has 0 aliphatic heterocycles. The van der Waals surface area contributed by atoms with Gasteiger partial charge in [-0.1, -0.05) is 32.0 Å². The molecule has 1 nitrogen and oxygen atoms in total. The van der Waals surface area contributed by atoms with Crippen molar-refractivity contribution >= 4 is 16.8 Å². The molecule has 0 spiro atoms. The second-order valence-electron chi connectivity index (χ2n) is 2.54. The number of carbonyl (C=O) groups excluding carboxylic acids is 1. The summed E-state index contributed by atoms with van der Waals surface area (Å²) >= 11 is 5.37. The Kier molecular flexibility index (Phi) is 5.40. The van der Waals surface area contributed by atoms with Crippen molar-refractivity contribution in [2.75, 3.05) is 0 Å². The molecule has 0 unspecified atom stereocenters. The van der Waals surface area contributed by atoms with E-state index in [0.29, 0.717) is 5.56 Å². The van der Waals surface area contributed by atoms with Gasteiger partial charge in [-0.05, 0) is 36.6 Å². The number of hydrogen-bond acceptors (Lipinski definition) is 1. The number of aryl methyl sites for hydroxylation is 2. The van der Waals surface area contributed by atoms with Crippen LogP contribution in [0.15, 0.2) is 18.2 Å². The van der Waals surface area contributed by atoms with Gasteiger partial charge in [0.2, 0.25) is 0 Å². The van der Waals surface area contributed by atoms with Crippen LogP contribution in [-0.4, -0.2) is 5.24 Å². The molecule has 0 heterocycles. The highest BCUT2D eigenvalue weighted by molar-refractivity contribution is 6.68. The maximum absolute atomic E-state index is 10.9. The summed E-state index contributed by atoms with van der Waals surface area (Å²) in [5, 5.41) is -0.374. The van der Waals surface area contributed by atoms with Crippen LogP contribution in [0.2, 0.25) is 0 Å². The van der Waals surface area contributed by atoms with Gasteiger partial charge in [-0.3, -0.25) is 4.79 Å². The van der Waals surface area contributed by atoms with E-state index in [-0.39, 0.29) is 5.24 Å². The molecule has 0 fully saturated rings. The van der Waals surface area contributed by atoms with E-state index in [2.05, 4.69) is 0 Å². The topological polar surface area (TPSA) is 17.1 Å². The average Bonchev–Trinajstić information content (AvgIpc) is 2.07. The Hall–Kier alpha value is -0.820. The zero-order valence-corrected chi connectivity index (χ0v) is 9.27. The molecule has 0 amide bonds. The normalized spacial score (nSPS) is 8.69. The van der Waals surface area contributed by atoms with E-state index in [9.17, 15) is 4.79 Å². The summed E-state index contributed by atoms with van der Waals surface area (Å²) in [6, 6.07) is 5.67. The molecule has 0 saturated heterocycles. The van der Waals surface area contributed by atoms with Crippen LogP contribution < -0.4 is 0 Å². The summed E-state index contributed by atoms with van der Waals surface area (Å²) in [6.07, 6.45) is 0. The Bertz CT molecular complexity index is 272. The fraction of sp³-hybridized carbons (Fsp3) is 0.364. The number of benzene rings is 1. The molecule has 0 aromatic heterocycles. The smallest absolute Gasteiger partial charge is 0.252 e. The molecular weight excluding hydrogens is 184 g/mol. The van der Waals surface area contributed by atoms with Crippen LogP contribution in [0, 0.1) is 13.8 Å². The fourth-order valence-corrected chi connectivity index (χ4v) is 1.42. The van der Waals surface area contributed by atoms with Gasteiger partial charge < -0.3 is 0 Å². The van der Waals surface area contributed by atoms with Gasteiger partial charge in [0, 0.05) is 5.56 Å². The quantitative estimate of drug-likeness (QED) is 0.629. The van der Waals surface area contributed by atoms with Crippen molar-refractivity contribution in [2.24, 2.45) is 0 Å². The Morgan fingerprint density at radius 2 is 1.54 bits per heavy atom.